The van der Waals surface area contributed by atoms with E-state index in [9.17, 15) is 14.9 Å². The van der Waals surface area contributed by atoms with E-state index in [4.69, 9.17) is 11.6 Å². The van der Waals surface area contributed by atoms with Crippen molar-refractivity contribution in [1.29, 1.82) is 0 Å². The molecule has 0 aliphatic carbocycles. The number of amides is 1. The van der Waals surface area contributed by atoms with Crippen LogP contribution in [0, 0.1) is 10.1 Å². The van der Waals surface area contributed by atoms with Gasteiger partial charge in [-0.1, -0.05) is 18.5 Å². The molecule has 1 aromatic carbocycles. The number of benzene rings is 1. The molecule has 0 spiro atoms. The highest BCUT2D eigenvalue weighted by Crippen LogP contribution is 2.32. The van der Waals surface area contributed by atoms with Gasteiger partial charge in [-0.2, -0.15) is 0 Å². The molecule has 1 fully saturated rings. The molecule has 1 N–H and O–H groups in total. The molecule has 1 unspecified atom stereocenters. The van der Waals surface area contributed by atoms with E-state index in [0.29, 0.717) is 17.3 Å². The number of carbonyl (C=O) groups is 1. The Labute approximate surface area is 128 Å². The number of hydrogen-bond donors (Lipinski definition) is 1. The molecule has 0 saturated carbocycles. The largest absolute Gasteiger partial charge is 0.309 e. The summed E-state index contributed by atoms with van der Waals surface area (Å²) in [5.74, 6) is -0.0721. The van der Waals surface area contributed by atoms with Crippen LogP contribution >= 0.6 is 11.6 Å². The lowest BCUT2D eigenvalue weighted by Gasteiger charge is -2.33. The molecule has 6 nitrogen and oxygen atoms in total. The highest BCUT2D eigenvalue weighted by Gasteiger charge is 2.30. The van der Waals surface area contributed by atoms with Gasteiger partial charge in [0.25, 0.3) is 5.69 Å². The van der Waals surface area contributed by atoms with E-state index in [1.54, 1.807) is 4.90 Å². The third-order valence-electron chi connectivity index (χ3n) is 3.51. The highest BCUT2D eigenvalue weighted by molar-refractivity contribution is 6.34. The van der Waals surface area contributed by atoms with Crippen molar-refractivity contribution in [3.8, 4) is 0 Å². The Morgan fingerprint density at radius 2 is 2.29 bits per heavy atom. The van der Waals surface area contributed by atoms with Gasteiger partial charge in [-0.15, -0.1) is 0 Å². The molecule has 2 rings (SSSR count). The number of hydrogen-bond acceptors (Lipinski definition) is 4. The second kappa shape index (κ2) is 6.87. The van der Waals surface area contributed by atoms with E-state index in [1.807, 2.05) is 6.92 Å². The first-order valence-electron chi connectivity index (χ1n) is 7.03. The molecule has 1 atom stereocenters. The van der Waals surface area contributed by atoms with Gasteiger partial charge in [-0.05, 0) is 31.9 Å². The molecule has 1 heterocycles. The minimum Gasteiger partial charge on any atom is -0.309 e. The summed E-state index contributed by atoms with van der Waals surface area (Å²) >= 11 is 6.11. The first-order chi connectivity index (χ1) is 10.0. The zero-order chi connectivity index (χ0) is 15.4. The third-order valence-corrected chi connectivity index (χ3v) is 3.83. The van der Waals surface area contributed by atoms with E-state index >= 15 is 0 Å². The van der Waals surface area contributed by atoms with Crippen molar-refractivity contribution < 1.29 is 9.72 Å². The monoisotopic (exact) mass is 311 g/mol. The van der Waals surface area contributed by atoms with E-state index < -0.39 is 4.92 Å². The number of carbonyl (C=O) groups excluding carboxylic acids is 1. The van der Waals surface area contributed by atoms with Gasteiger partial charge >= 0.3 is 0 Å². The van der Waals surface area contributed by atoms with Crippen molar-refractivity contribution in [3.63, 3.8) is 0 Å². The number of piperidine rings is 1. The highest BCUT2D eigenvalue weighted by atomic mass is 35.5. The number of halogens is 1. The van der Waals surface area contributed by atoms with E-state index in [-0.39, 0.29) is 17.6 Å². The second-order valence-electron chi connectivity index (χ2n) is 5.03. The average molecular weight is 312 g/mol. The van der Waals surface area contributed by atoms with Crippen molar-refractivity contribution in [2.24, 2.45) is 0 Å². The molecule has 1 aromatic rings. The number of rotatable bonds is 5. The Kier molecular flexibility index (Phi) is 5.14. The fourth-order valence-electron chi connectivity index (χ4n) is 2.44. The molecule has 1 aliphatic heterocycles. The standard InChI is InChI=1S/C14H18ClN3O3/c1-2-7-16-12-4-3-8-17(14(12)19)13-9-10(18(20)21)5-6-11(13)15/h5-6,9,12,16H,2-4,7-8H2,1H3. The molecule has 1 saturated heterocycles. The summed E-state index contributed by atoms with van der Waals surface area (Å²) in [5, 5.41) is 14.4. The molecular weight excluding hydrogens is 294 g/mol. The zero-order valence-corrected chi connectivity index (χ0v) is 12.6. The molecule has 114 valence electrons. The van der Waals surface area contributed by atoms with Crippen LogP contribution in [0.15, 0.2) is 18.2 Å². The number of nitro benzene ring substituents is 1. The number of non-ortho nitro benzene ring substituents is 1. The van der Waals surface area contributed by atoms with Crippen LogP contribution in [-0.2, 0) is 4.79 Å². The van der Waals surface area contributed by atoms with Crippen molar-refractivity contribution in [2.45, 2.75) is 32.2 Å². The van der Waals surface area contributed by atoms with Gasteiger partial charge in [-0.25, -0.2) is 0 Å². The minimum absolute atomic E-state index is 0.0640. The van der Waals surface area contributed by atoms with Crippen LogP contribution in [-0.4, -0.2) is 30.0 Å². The number of nitro groups is 1. The maximum Gasteiger partial charge on any atom is 0.271 e. The summed E-state index contributed by atoms with van der Waals surface area (Å²) in [6, 6.07) is 3.93. The quantitative estimate of drug-likeness (QED) is 0.670. The van der Waals surface area contributed by atoms with Crippen LogP contribution < -0.4 is 10.2 Å². The second-order valence-corrected chi connectivity index (χ2v) is 5.44. The van der Waals surface area contributed by atoms with Crippen LogP contribution in [0.5, 0.6) is 0 Å². The Morgan fingerprint density at radius 1 is 1.52 bits per heavy atom. The first kappa shape index (κ1) is 15.7. The summed E-state index contributed by atoms with van der Waals surface area (Å²) in [6.45, 7) is 3.34. The maximum atomic E-state index is 12.5. The molecular formula is C14H18ClN3O3. The Morgan fingerprint density at radius 3 is 2.95 bits per heavy atom. The van der Waals surface area contributed by atoms with Crippen molar-refractivity contribution in [1.82, 2.24) is 5.32 Å². The Hall–Kier alpha value is -1.66. The molecule has 0 aromatic heterocycles. The van der Waals surface area contributed by atoms with Gasteiger partial charge in [-0.3, -0.25) is 14.9 Å². The molecule has 0 radical (unpaired) electrons. The lowest BCUT2D eigenvalue weighted by molar-refractivity contribution is -0.384. The van der Waals surface area contributed by atoms with Gasteiger partial charge < -0.3 is 10.2 Å². The summed E-state index contributed by atoms with van der Waals surface area (Å²) in [7, 11) is 0. The summed E-state index contributed by atoms with van der Waals surface area (Å²) in [6.07, 6.45) is 2.56. The smallest absolute Gasteiger partial charge is 0.271 e. The van der Waals surface area contributed by atoms with Gasteiger partial charge in [0.15, 0.2) is 0 Å². The molecule has 1 amide bonds. The van der Waals surface area contributed by atoms with Crippen LogP contribution in [0.3, 0.4) is 0 Å². The van der Waals surface area contributed by atoms with Gasteiger partial charge in [0.1, 0.15) is 0 Å². The lowest BCUT2D eigenvalue weighted by Crippen LogP contribution is -2.51. The number of anilines is 1. The Bertz CT molecular complexity index is 550. The van der Waals surface area contributed by atoms with Crippen LogP contribution in [0.2, 0.25) is 5.02 Å². The molecule has 21 heavy (non-hydrogen) atoms. The summed E-state index contributed by atoms with van der Waals surface area (Å²) < 4.78 is 0. The van der Waals surface area contributed by atoms with Gasteiger partial charge in [0.2, 0.25) is 5.91 Å². The SMILES string of the molecule is CCCNC1CCCN(c2cc([N+](=O)[O-])ccc2Cl)C1=O. The maximum absolute atomic E-state index is 12.5. The summed E-state index contributed by atoms with van der Waals surface area (Å²) in [4.78, 5) is 24.4. The molecule has 1 aliphatic rings. The van der Waals surface area contributed by atoms with Crippen molar-refractivity contribution in [2.75, 3.05) is 18.0 Å². The molecule has 0 bridgehead atoms. The third kappa shape index (κ3) is 3.51. The van der Waals surface area contributed by atoms with Crippen molar-refractivity contribution in [3.05, 3.63) is 33.3 Å². The fourth-order valence-corrected chi connectivity index (χ4v) is 2.66. The van der Waals surface area contributed by atoms with Gasteiger partial charge in [0, 0.05) is 18.7 Å². The minimum atomic E-state index is -0.485. The van der Waals surface area contributed by atoms with E-state index in [0.717, 1.165) is 25.8 Å². The zero-order valence-electron chi connectivity index (χ0n) is 11.8. The van der Waals surface area contributed by atoms with Crippen LogP contribution in [0.25, 0.3) is 0 Å². The summed E-state index contributed by atoms with van der Waals surface area (Å²) in [5.41, 5.74) is 0.352. The number of nitrogens with zero attached hydrogens (tertiary/aromatic N) is 2. The van der Waals surface area contributed by atoms with E-state index in [2.05, 4.69) is 5.32 Å². The molecule has 7 heteroatoms. The average Bonchev–Trinajstić information content (AvgIpc) is 2.47. The first-order valence-corrected chi connectivity index (χ1v) is 7.41. The predicted octanol–water partition coefficient (Wildman–Crippen LogP) is 2.74. The number of nitrogens with one attached hydrogen (secondary N) is 1. The van der Waals surface area contributed by atoms with Crippen LogP contribution in [0.1, 0.15) is 26.2 Å². The normalized spacial score (nSPS) is 18.9. The predicted molar refractivity (Wildman–Crippen MR) is 81.8 cm³/mol. The Balaban J connectivity index is 2.25. The fraction of sp³-hybridized carbons (Fsp3) is 0.500. The van der Waals surface area contributed by atoms with Crippen molar-refractivity contribution >= 4 is 28.9 Å². The lowest BCUT2D eigenvalue weighted by atomic mass is 10.0. The van der Waals surface area contributed by atoms with Gasteiger partial charge in [0.05, 0.1) is 21.7 Å². The van der Waals surface area contributed by atoms with Crippen LogP contribution in [0.4, 0.5) is 11.4 Å². The van der Waals surface area contributed by atoms with E-state index in [1.165, 1.54) is 18.2 Å². The topological polar surface area (TPSA) is 75.5 Å².